The number of aryl methyl sites for hydroxylation is 1. The molecule has 0 aliphatic carbocycles. The van der Waals surface area contributed by atoms with Gasteiger partial charge in [-0.3, -0.25) is 0 Å². The van der Waals surface area contributed by atoms with E-state index >= 15 is 0 Å². The number of nitrogens with two attached hydrogens (primary N) is 1. The van der Waals surface area contributed by atoms with E-state index in [9.17, 15) is 0 Å². The molecule has 0 aromatic heterocycles. The van der Waals surface area contributed by atoms with Crippen molar-refractivity contribution in [1.82, 2.24) is 0 Å². The maximum atomic E-state index is 5.86. The minimum atomic E-state index is 0.00380. The van der Waals surface area contributed by atoms with Crippen LogP contribution in [0.3, 0.4) is 0 Å². The highest BCUT2D eigenvalue weighted by atomic mass is 32.1. The minimum Gasteiger partial charge on any atom is -0.493 e. The van der Waals surface area contributed by atoms with Crippen LogP contribution in [0.15, 0.2) is 18.2 Å². The first-order valence-electron chi connectivity index (χ1n) is 5.66. The quantitative estimate of drug-likeness (QED) is 0.792. The van der Waals surface area contributed by atoms with E-state index in [1.807, 2.05) is 32.0 Å². The van der Waals surface area contributed by atoms with Crippen molar-refractivity contribution < 1.29 is 9.47 Å². The zero-order valence-corrected chi connectivity index (χ0v) is 11.3. The molecule has 0 fully saturated rings. The highest BCUT2D eigenvalue weighted by molar-refractivity contribution is 7.80. The van der Waals surface area contributed by atoms with E-state index in [4.69, 9.17) is 27.4 Å². The highest BCUT2D eigenvalue weighted by Crippen LogP contribution is 2.29. The Morgan fingerprint density at radius 3 is 2.65 bits per heavy atom. The van der Waals surface area contributed by atoms with Crippen molar-refractivity contribution in [3.05, 3.63) is 23.8 Å². The summed E-state index contributed by atoms with van der Waals surface area (Å²) in [7, 11) is 1.64. The number of thiocarbonyl (C=S) groups is 1. The summed E-state index contributed by atoms with van der Waals surface area (Å²) in [6.45, 7) is 4.06. The Morgan fingerprint density at radius 1 is 1.41 bits per heavy atom. The highest BCUT2D eigenvalue weighted by Gasteiger charge is 2.12. The lowest BCUT2D eigenvalue weighted by molar-refractivity contribution is 0.196. The van der Waals surface area contributed by atoms with E-state index in [0.29, 0.717) is 11.4 Å². The summed E-state index contributed by atoms with van der Waals surface area (Å²) in [5.74, 6) is 1.48. The summed E-state index contributed by atoms with van der Waals surface area (Å²) in [6.07, 6.45) is 1.45. The molecule has 0 aliphatic heterocycles. The Hall–Kier alpha value is -1.29. The predicted molar refractivity (Wildman–Crippen MR) is 73.8 cm³/mol. The SMILES string of the molecule is CCC(CC(N)=S)Oc1ccc(C)cc1OC. The molecule has 0 aliphatic rings. The van der Waals surface area contributed by atoms with Crippen LogP contribution in [-0.4, -0.2) is 18.2 Å². The molecule has 1 unspecified atom stereocenters. The van der Waals surface area contributed by atoms with Gasteiger partial charge in [0, 0.05) is 6.42 Å². The van der Waals surface area contributed by atoms with E-state index in [-0.39, 0.29) is 6.10 Å². The van der Waals surface area contributed by atoms with Crippen LogP contribution in [0, 0.1) is 6.92 Å². The van der Waals surface area contributed by atoms with Crippen LogP contribution in [0.2, 0.25) is 0 Å². The molecule has 0 saturated heterocycles. The number of hydrogen-bond donors (Lipinski definition) is 1. The third-order valence-corrected chi connectivity index (χ3v) is 2.66. The predicted octanol–water partition coefficient (Wildman–Crippen LogP) is 2.84. The van der Waals surface area contributed by atoms with Gasteiger partial charge in [-0.2, -0.15) is 0 Å². The Labute approximate surface area is 108 Å². The van der Waals surface area contributed by atoms with Gasteiger partial charge in [0.2, 0.25) is 0 Å². The summed E-state index contributed by atoms with van der Waals surface area (Å²) < 4.78 is 11.1. The first-order valence-corrected chi connectivity index (χ1v) is 6.07. The van der Waals surface area contributed by atoms with Gasteiger partial charge in [-0.1, -0.05) is 25.2 Å². The van der Waals surface area contributed by atoms with Crippen LogP contribution < -0.4 is 15.2 Å². The van der Waals surface area contributed by atoms with Crippen molar-refractivity contribution in [1.29, 1.82) is 0 Å². The Bertz CT molecular complexity index is 393. The summed E-state index contributed by atoms with van der Waals surface area (Å²) in [5, 5.41) is 0. The van der Waals surface area contributed by atoms with Gasteiger partial charge in [-0.05, 0) is 31.0 Å². The first kappa shape index (κ1) is 13.8. The Balaban J connectivity index is 2.81. The lowest BCUT2D eigenvalue weighted by Crippen LogP contribution is -2.23. The van der Waals surface area contributed by atoms with Crippen LogP contribution in [0.5, 0.6) is 11.5 Å². The van der Waals surface area contributed by atoms with Crippen LogP contribution in [0.4, 0.5) is 0 Å². The molecule has 1 rings (SSSR count). The molecule has 2 N–H and O–H groups in total. The van der Waals surface area contributed by atoms with E-state index in [1.165, 1.54) is 0 Å². The van der Waals surface area contributed by atoms with Gasteiger partial charge in [0.15, 0.2) is 11.5 Å². The second-order valence-corrected chi connectivity index (χ2v) is 4.50. The van der Waals surface area contributed by atoms with E-state index in [0.717, 1.165) is 23.5 Å². The molecule has 0 bridgehead atoms. The molecule has 0 radical (unpaired) electrons. The van der Waals surface area contributed by atoms with E-state index in [2.05, 4.69) is 0 Å². The number of hydrogen-bond acceptors (Lipinski definition) is 3. The van der Waals surface area contributed by atoms with Crippen LogP contribution in [0.25, 0.3) is 0 Å². The number of methoxy groups -OCH3 is 1. The number of benzene rings is 1. The molecule has 1 atom stereocenters. The summed E-state index contributed by atoms with van der Waals surface area (Å²) in [4.78, 5) is 0.475. The summed E-state index contributed by atoms with van der Waals surface area (Å²) >= 11 is 4.90. The van der Waals surface area contributed by atoms with Gasteiger partial charge in [0.05, 0.1) is 12.1 Å². The molecule has 1 aromatic carbocycles. The van der Waals surface area contributed by atoms with Gasteiger partial charge in [-0.25, -0.2) is 0 Å². The van der Waals surface area contributed by atoms with Crippen LogP contribution in [-0.2, 0) is 0 Å². The molecule has 94 valence electrons. The Kier molecular flexibility index (Phi) is 5.22. The third-order valence-electron chi connectivity index (χ3n) is 2.50. The minimum absolute atomic E-state index is 0.00380. The van der Waals surface area contributed by atoms with Crippen molar-refractivity contribution >= 4 is 17.2 Å². The molecule has 4 heteroatoms. The normalized spacial score (nSPS) is 11.9. The van der Waals surface area contributed by atoms with Crippen molar-refractivity contribution in [2.45, 2.75) is 32.8 Å². The van der Waals surface area contributed by atoms with Gasteiger partial charge < -0.3 is 15.2 Å². The largest absolute Gasteiger partial charge is 0.493 e. The van der Waals surface area contributed by atoms with Crippen molar-refractivity contribution in [2.24, 2.45) is 5.73 Å². The molecule has 3 nitrogen and oxygen atoms in total. The Morgan fingerprint density at radius 2 is 2.12 bits per heavy atom. The van der Waals surface area contributed by atoms with Gasteiger partial charge >= 0.3 is 0 Å². The molecule has 1 aromatic rings. The second kappa shape index (κ2) is 6.45. The fraction of sp³-hybridized carbons (Fsp3) is 0.462. The van der Waals surface area contributed by atoms with E-state index in [1.54, 1.807) is 7.11 Å². The van der Waals surface area contributed by atoms with Gasteiger partial charge in [0.25, 0.3) is 0 Å². The molecule has 0 spiro atoms. The zero-order valence-electron chi connectivity index (χ0n) is 10.5. The molecular formula is C13H19NO2S. The average molecular weight is 253 g/mol. The van der Waals surface area contributed by atoms with Crippen LogP contribution in [0.1, 0.15) is 25.3 Å². The molecular weight excluding hydrogens is 234 g/mol. The standard InChI is InChI=1S/C13H19NO2S/c1-4-10(8-13(14)17)16-11-6-5-9(2)7-12(11)15-3/h5-7,10H,4,8H2,1-3H3,(H2,14,17). The summed E-state index contributed by atoms with van der Waals surface area (Å²) in [5.41, 5.74) is 6.67. The second-order valence-electron chi connectivity index (χ2n) is 3.97. The monoisotopic (exact) mass is 253 g/mol. The zero-order chi connectivity index (χ0) is 12.8. The number of ether oxygens (including phenoxy) is 2. The molecule has 0 saturated carbocycles. The van der Waals surface area contributed by atoms with Crippen molar-refractivity contribution in [2.75, 3.05) is 7.11 Å². The lowest BCUT2D eigenvalue weighted by atomic mass is 10.2. The van der Waals surface area contributed by atoms with Gasteiger partial charge in [0.1, 0.15) is 6.10 Å². The van der Waals surface area contributed by atoms with Crippen molar-refractivity contribution in [3.63, 3.8) is 0 Å². The lowest BCUT2D eigenvalue weighted by Gasteiger charge is -2.19. The maximum absolute atomic E-state index is 5.86. The van der Waals surface area contributed by atoms with E-state index < -0.39 is 0 Å². The third kappa shape index (κ3) is 4.23. The molecule has 0 amide bonds. The van der Waals surface area contributed by atoms with Gasteiger partial charge in [-0.15, -0.1) is 0 Å². The summed E-state index contributed by atoms with van der Waals surface area (Å²) in [6, 6.07) is 5.85. The fourth-order valence-corrected chi connectivity index (χ4v) is 1.73. The first-order chi connectivity index (χ1) is 8.06. The molecule has 17 heavy (non-hydrogen) atoms. The topological polar surface area (TPSA) is 44.5 Å². The average Bonchev–Trinajstić information content (AvgIpc) is 2.29. The molecule has 0 heterocycles. The fourth-order valence-electron chi connectivity index (χ4n) is 1.55. The number of rotatable bonds is 6. The van der Waals surface area contributed by atoms with Crippen molar-refractivity contribution in [3.8, 4) is 11.5 Å². The smallest absolute Gasteiger partial charge is 0.161 e. The van der Waals surface area contributed by atoms with Crippen LogP contribution >= 0.6 is 12.2 Å². The maximum Gasteiger partial charge on any atom is 0.161 e.